The number of ether oxygens (including phenoxy) is 1. The molecule has 1 fully saturated rings. The molecule has 6 N–H and O–H groups in total. The average molecular weight is 951 g/mol. The number of esters is 1. The van der Waals surface area contributed by atoms with Crippen molar-refractivity contribution in [3.05, 3.63) is 65.7 Å². The molecule has 67 heavy (non-hydrogen) atoms. The van der Waals surface area contributed by atoms with E-state index in [-0.39, 0.29) is 93.0 Å². The van der Waals surface area contributed by atoms with E-state index in [2.05, 4.69) is 55.9 Å². The monoisotopic (exact) mass is 951 g/mol. The summed E-state index contributed by atoms with van der Waals surface area (Å²) in [5.74, 6) is -1.78. The van der Waals surface area contributed by atoms with Crippen LogP contribution >= 0.6 is 11.8 Å². The third-order valence-electron chi connectivity index (χ3n) is 10.8. The van der Waals surface area contributed by atoms with Gasteiger partial charge in [0, 0.05) is 43.7 Å². The molecule has 2 aromatic rings. The first-order chi connectivity index (χ1) is 31.5. The van der Waals surface area contributed by atoms with Crippen LogP contribution in [0.2, 0.25) is 0 Å². The Balaban J connectivity index is 1.66. The van der Waals surface area contributed by atoms with E-state index in [9.17, 15) is 38.4 Å². The van der Waals surface area contributed by atoms with Crippen molar-refractivity contribution in [2.45, 2.75) is 132 Å². The van der Waals surface area contributed by atoms with Crippen molar-refractivity contribution in [1.82, 2.24) is 30.7 Å². The molecule has 0 unspecified atom stereocenters. The second kappa shape index (κ2) is 27.2. The van der Waals surface area contributed by atoms with E-state index >= 15 is 0 Å². The van der Waals surface area contributed by atoms with Crippen molar-refractivity contribution in [3.63, 3.8) is 0 Å². The first-order valence-electron chi connectivity index (χ1n) is 23.2. The Morgan fingerprint density at radius 3 is 1.87 bits per heavy atom. The van der Waals surface area contributed by atoms with Crippen LogP contribution < -0.4 is 27.0 Å². The lowest BCUT2D eigenvalue weighted by Gasteiger charge is -2.42. The van der Waals surface area contributed by atoms with Gasteiger partial charge in [0.1, 0.15) is 18.7 Å². The van der Waals surface area contributed by atoms with Gasteiger partial charge in [0.25, 0.3) is 0 Å². The molecule has 1 aliphatic rings. The lowest BCUT2D eigenvalue weighted by atomic mass is 9.90. The van der Waals surface area contributed by atoms with Gasteiger partial charge < -0.3 is 46.4 Å². The second-order valence-electron chi connectivity index (χ2n) is 19.7. The molecule has 2 atom stereocenters. The van der Waals surface area contributed by atoms with Gasteiger partial charge in [-0.1, -0.05) is 83.5 Å². The minimum absolute atomic E-state index is 0.0556. The van der Waals surface area contributed by atoms with Crippen molar-refractivity contribution in [1.29, 1.82) is 0 Å². The van der Waals surface area contributed by atoms with E-state index in [1.807, 2.05) is 30.3 Å². The normalized spacial score (nSPS) is 13.9. The SMILES string of the molecule is CC(C)CCCC(=O)N1CN(C(=O)CCSCC(=O)N[C@H](Cc2ccccc2)C(=O)N[C@@H](CCCNC(N)=O)C(=O)Nc2ccc(COC(=O)C(C)(C)C)cc2)CN(C(=O)CCC(C)(C)C)C1. The summed E-state index contributed by atoms with van der Waals surface area (Å²) in [5.41, 5.74) is 6.42. The van der Waals surface area contributed by atoms with Crippen LogP contribution in [0.1, 0.15) is 118 Å². The number of rotatable bonds is 24. The Bertz CT molecular complexity index is 1970. The molecule has 0 spiro atoms. The Morgan fingerprint density at radius 1 is 0.701 bits per heavy atom. The van der Waals surface area contributed by atoms with Gasteiger partial charge in [-0.25, -0.2) is 4.79 Å². The summed E-state index contributed by atoms with van der Waals surface area (Å²) in [6.07, 6.45) is 3.49. The number of nitrogens with two attached hydrogens (primary N) is 1. The number of hydrogen-bond donors (Lipinski definition) is 5. The van der Waals surface area contributed by atoms with Crippen LogP contribution in [0.4, 0.5) is 10.5 Å². The Kier molecular flexibility index (Phi) is 22.6. The van der Waals surface area contributed by atoms with Gasteiger partial charge in [0.05, 0.1) is 31.2 Å². The number of nitrogens with one attached hydrogen (secondary N) is 4. The summed E-state index contributed by atoms with van der Waals surface area (Å²) in [4.78, 5) is 109. The topological polar surface area (TPSA) is 230 Å². The average Bonchev–Trinajstić information content (AvgIpc) is 3.26. The summed E-state index contributed by atoms with van der Waals surface area (Å²) in [6, 6.07) is 12.9. The van der Waals surface area contributed by atoms with Gasteiger partial charge in [0.15, 0.2) is 0 Å². The van der Waals surface area contributed by atoms with E-state index in [0.717, 1.165) is 12.0 Å². The molecular formula is C49H74N8O9S. The lowest BCUT2D eigenvalue weighted by molar-refractivity contribution is -0.159. The van der Waals surface area contributed by atoms with Crippen molar-refractivity contribution < 1.29 is 43.1 Å². The molecule has 17 nitrogen and oxygen atoms in total. The van der Waals surface area contributed by atoms with Crippen LogP contribution in [0.25, 0.3) is 0 Å². The number of amides is 8. The number of urea groups is 1. The van der Waals surface area contributed by atoms with Crippen molar-refractivity contribution in [2.75, 3.05) is 43.4 Å². The summed E-state index contributed by atoms with van der Waals surface area (Å²) in [5, 5.41) is 10.9. The van der Waals surface area contributed by atoms with Crippen LogP contribution in [0.15, 0.2) is 54.6 Å². The van der Waals surface area contributed by atoms with Crippen LogP contribution in [0.3, 0.4) is 0 Å². The molecule has 1 heterocycles. The second-order valence-corrected chi connectivity index (χ2v) is 20.8. The first-order valence-corrected chi connectivity index (χ1v) is 24.3. The van der Waals surface area contributed by atoms with Crippen molar-refractivity contribution >= 4 is 64.9 Å². The minimum atomic E-state index is -1.08. The zero-order chi connectivity index (χ0) is 49.7. The quantitative estimate of drug-likeness (QED) is 0.0654. The van der Waals surface area contributed by atoms with Gasteiger partial charge in [0.2, 0.25) is 35.4 Å². The molecule has 2 aromatic carbocycles. The molecule has 1 saturated heterocycles. The maximum Gasteiger partial charge on any atom is 0.312 e. The maximum atomic E-state index is 14.0. The number of benzene rings is 2. The molecule has 0 aliphatic carbocycles. The van der Waals surface area contributed by atoms with Crippen LogP contribution in [-0.4, -0.2) is 112 Å². The van der Waals surface area contributed by atoms with Gasteiger partial charge >= 0.3 is 12.0 Å². The van der Waals surface area contributed by atoms with Crippen molar-refractivity contribution in [2.24, 2.45) is 22.5 Å². The van der Waals surface area contributed by atoms with Gasteiger partial charge in [-0.2, -0.15) is 11.8 Å². The van der Waals surface area contributed by atoms with Crippen molar-refractivity contribution in [3.8, 4) is 0 Å². The fraction of sp³-hybridized carbons (Fsp3) is 0.592. The lowest BCUT2D eigenvalue weighted by Crippen LogP contribution is -2.59. The van der Waals surface area contributed by atoms with E-state index in [1.54, 1.807) is 54.8 Å². The molecule has 0 saturated carbocycles. The third kappa shape index (κ3) is 21.7. The molecular weight excluding hydrogens is 877 g/mol. The number of nitrogens with zero attached hydrogens (tertiary/aromatic N) is 3. The van der Waals surface area contributed by atoms with Crippen LogP contribution in [-0.2, 0) is 51.3 Å². The largest absolute Gasteiger partial charge is 0.460 e. The number of anilines is 1. The molecule has 0 radical (unpaired) electrons. The Hall–Kier alpha value is -5.65. The van der Waals surface area contributed by atoms with Gasteiger partial charge in [-0.05, 0) is 81.0 Å². The predicted octanol–water partition coefficient (Wildman–Crippen LogP) is 5.52. The number of thioether (sulfide) groups is 1. The Labute approximate surface area is 400 Å². The highest BCUT2D eigenvalue weighted by atomic mass is 32.2. The maximum absolute atomic E-state index is 14.0. The van der Waals surface area contributed by atoms with Gasteiger partial charge in [-0.15, -0.1) is 0 Å². The highest BCUT2D eigenvalue weighted by molar-refractivity contribution is 7.99. The number of hydrogen-bond acceptors (Lipinski definition) is 10. The standard InChI is InChI=1S/C49H74N8O9S/c1-34(2)14-12-18-41(59)55-31-56(42(60)23-25-48(3,4)5)33-57(32-55)43(61)24-27-67-30-40(58)53-39(28-35-15-10-9-11-16-35)45(63)54-38(17-13-26-51-47(50)65)44(62)52-37-21-19-36(20-22-37)29-66-46(64)49(6,7)8/h9-11,15-16,19-22,34,38-39H,12-14,17-18,23-33H2,1-8H3,(H,52,62)(H,53,58)(H,54,63)(H3,50,51,65)/t38-,39+/m0/s1. The predicted molar refractivity (Wildman–Crippen MR) is 260 cm³/mol. The smallest absolute Gasteiger partial charge is 0.312 e. The van der Waals surface area contributed by atoms with Gasteiger partial charge in [-0.3, -0.25) is 33.6 Å². The summed E-state index contributed by atoms with van der Waals surface area (Å²) in [6.45, 7) is 16.1. The van der Waals surface area contributed by atoms with E-state index in [1.165, 1.54) is 16.7 Å². The molecule has 8 amide bonds. The zero-order valence-electron chi connectivity index (χ0n) is 40.7. The highest BCUT2D eigenvalue weighted by Crippen LogP contribution is 2.23. The molecule has 18 heteroatoms. The molecule has 3 rings (SSSR count). The first kappa shape index (κ1) is 55.7. The molecule has 1 aliphatic heterocycles. The van der Waals surface area contributed by atoms with E-state index in [0.29, 0.717) is 49.3 Å². The fourth-order valence-electron chi connectivity index (χ4n) is 6.80. The van der Waals surface area contributed by atoms with E-state index in [4.69, 9.17) is 10.5 Å². The Morgan fingerprint density at radius 2 is 1.30 bits per heavy atom. The molecule has 370 valence electrons. The summed E-state index contributed by atoms with van der Waals surface area (Å²) < 4.78 is 5.39. The van der Waals surface area contributed by atoms with Crippen LogP contribution in [0.5, 0.6) is 0 Å². The molecule has 0 aromatic heterocycles. The third-order valence-corrected chi connectivity index (χ3v) is 11.7. The van der Waals surface area contributed by atoms with Crippen LogP contribution in [0, 0.1) is 16.7 Å². The fourth-order valence-corrected chi connectivity index (χ4v) is 7.53. The number of primary amides is 1. The zero-order valence-corrected chi connectivity index (χ0v) is 41.6. The molecule has 0 bridgehead atoms. The number of carbonyl (C=O) groups excluding carboxylic acids is 8. The number of carbonyl (C=O) groups is 8. The summed E-state index contributed by atoms with van der Waals surface area (Å²) in [7, 11) is 0. The summed E-state index contributed by atoms with van der Waals surface area (Å²) >= 11 is 1.21. The minimum Gasteiger partial charge on any atom is -0.460 e. The highest BCUT2D eigenvalue weighted by Gasteiger charge is 2.33. The van der Waals surface area contributed by atoms with E-state index < -0.39 is 41.3 Å².